The fraction of sp³-hybridized carbons (Fsp3) is 0.294. The summed E-state index contributed by atoms with van der Waals surface area (Å²) in [5.74, 6) is -0.373. The molecule has 2 N–H and O–H groups in total. The van der Waals surface area contributed by atoms with Crippen LogP contribution in [0.5, 0.6) is 0 Å². The Morgan fingerprint density at radius 1 is 1.35 bits per heavy atom. The summed E-state index contributed by atoms with van der Waals surface area (Å²) < 4.78 is 14.3. The number of fused-ring (bicyclic) bond motifs is 3. The molecule has 0 radical (unpaired) electrons. The number of carbonyl (C=O) groups excluding carboxylic acids is 1. The fourth-order valence-electron chi connectivity index (χ4n) is 2.61. The van der Waals surface area contributed by atoms with E-state index in [2.05, 4.69) is 15.6 Å². The molecule has 23 heavy (non-hydrogen) atoms. The van der Waals surface area contributed by atoms with Gasteiger partial charge in [0.25, 0.3) is 0 Å². The maximum Gasteiger partial charge on any atom is 0.230 e. The third-order valence-corrected chi connectivity index (χ3v) is 4.90. The number of anilines is 1. The molecule has 1 heterocycles. The van der Waals surface area contributed by atoms with Crippen LogP contribution in [0.2, 0.25) is 0 Å². The lowest BCUT2D eigenvalue weighted by molar-refractivity contribution is -0.119. The van der Waals surface area contributed by atoms with Gasteiger partial charge >= 0.3 is 0 Å². The maximum absolute atomic E-state index is 13.3. The molecule has 0 aliphatic heterocycles. The lowest BCUT2D eigenvalue weighted by Gasteiger charge is -2.12. The van der Waals surface area contributed by atoms with Crippen molar-refractivity contribution in [3.63, 3.8) is 0 Å². The van der Waals surface area contributed by atoms with Crippen LogP contribution in [0, 0.1) is 11.7 Å². The van der Waals surface area contributed by atoms with Crippen molar-refractivity contribution in [3.05, 3.63) is 36.1 Å². The minimum atomic E-state index is -0.257. The third-order valence-electron chi connectivity index (χ3n) is 3.88. The zero-order chi connectivity index (χ0) is 16.4. The van der Waals surface area contributed by atoms with Gasteiger partial charge in [0.1, 0.15) is 5.82 Å². The summed E-state index contributed by atoms with van der Waals surface area (Å²) in [7, 11) is 1.83. The SMILES string of the molecule is CCC(CNC)C(=O)Nc1nc2ccc3cc(F)ccc3c2s1. The molecule has 0 aliphatic carbocycles. The van der Waals surface area contributed by atoms with E-state index in [0.29, 0.717) is 11.7 Å². The number of hydrogen-bond acceptors (Lipinski definition) is 4. The first-order chi connectivity index (χ1) is 11.1. The van der Waals surface area contributed by atoms with E-state index in [9.17, 15) is 9.18 Å². The highest BCUT2D eigenvalue weighted by molar-refractivity contribution is 7.23. The van der Waals surface area contributed by atoms with Gasteiger partial charge in [-0.3, -0.25) is 4.79 Å². The second-order valence-electron chi connectivity index (χ2n) is 5.45. The number of rotatable bonds is 5. The van der Waals surface area contributed by atoms with E-state index in [1.165, 1.54) is 23.5 Å². The van der Waals surface area contributed by atoms with Crippen molar-refractivity contribution >= 4 is 43.4 Å². The summed E-state index contributed by atoms with van der Waals surface area (Å²) >= 11 is 1.42. The van der Waals surface area contributed by atoms with Crippen LogP contribution in [0.15, 0.2) is 30.3 Å². The molecule has 1 unspecified atom stereocenters. The van der Waals surface area contributed by atoms with Gasteiger partial charge in [-0.05, 0) is 43.1 Å². The molecule has 0 bridgehead atoms. The number of benzene rings is 2. The smallest absolute Gasteiger partial charge is 0.230 e. The summed E-state index contributed by atoms with van der Waals surface area (Å²) in [6, 6.07) is 8.41. The predicted octanol–water partition coefficient (Wildman–Crippen LogP) is 3.77. The van der Waals surface area contributed by atoms with E-state index in [1.807, 2.05) is 26.1 Å². The summed E-state index contributed by atoms with van der Waals surface area (Å²) in [4.78, 5) is 16.8. The molecule has 0 aliphatic rings. The van der Waals surface area contributed by atoms with Crippen LogP contribution in [0.25, 0.3) is 21.0 Å². The van der Waals surface area contributed by atoms with Crippen LogP contribution in [-0.4, -0.2) is 24.5 Å². The minimum Gasteiger partial charge on any atom is -0.319 e. The van der Waals surface area contributed by atoms with E-state index in [-0.39, 0.29) is 17.6 Å². The third kappa shape index (κ3) is 3.18. The number of nitrogens with one attached hydrogen (secondary N) is 2. The minimum absolute atomic E-state index is 0.0312. The van der Waals surface area contributed by atoms with Gasteiger partial charge in [0.15, 0.2) is 5.13 Å². The second kappa shape index (κ2) is 6.60. The van der Waals surface area contributed by atoms with Gasteiger partial charge in [-0.1, -0.05) is 24.3 Å². The summed E-state index contributed by atoms with van der Waals surface area (Å²) in [6.07, 6.45) is 0.764. The molecule has 0 fully saturated rings. The first-order valence-electron chi connectivity index (χ1n) is 7.56. The summed E-state index contributed by atoms with van der Waals surface area (Å²) in [6.45, 7) is 2.62. The van der Waals surface area contributed by atoms with Crippen molar-refractivity contribution in [3.8, 4) is 0 Å². The molecule has 6 heteroatoms. The standard InChI is InChI=1S/C17H18FN3OS/c1-3-10(9-19-2)16(22)21-17-20-14-7-4-11-8-12(18)5-6-13(11)15(14)23-17/h4-8,10,19H,3,9H2,1-2H3,(H,20,21,22). The van der Waals surface area contributed by atoms with Gasteiger partial charge in [0.05, 0.1) is 16.1 Å². The zero-order valence-corrected chi connectivity index (χ0v) is 13.8. The molecule has 3 rings (SSSR count). The largest absolute Gasteiger partial charge is 0.319 e. The summed E-state index contributed by atoms with van der Waals surface area (Å²) in [5.41, 5.74) is 0.811. The van der Waals surface area contributed by atoms with Crippen LogP contribution in [0.3, 0.4) is 0 Å². The highest BCUT2D eigenvalue weighted by Gasteiger charge is 2.17. The van der Waals surface area contributed by atoms with E-state index >= 15 is 0 Å². The molecule has 2 aromatic carbocycles. The average Bonchev–Trinajstić information content (AvgIpc) is 2.94. The molecule has 1 amide bonds. The molecule has 3 aromatic rings. The summed E-state index contributed by atoms with van der Waals surface area (Å²) in [5, 5.41) is 8.29. The Balaban J connectivity index is 1.94. The first kappa shape index (κ1) is 15.8. The van der Waals surface area contributed by atoms with Crippen molar-refractivity contribution in [2.24, 2.45) is 5.92 Å². The Kier molecular flexibility index (Phi) is 4.54. The van der Waals surface area contributed by atoms with Crippen LogP contribution >= 0.6 is 11.3 Å². The molecule has 4 nitrogen and oxygen atoms in total. The average molecular weight is 331 g/mol. The van der Waals surface area contributed by atoms with Crippen molar-refractivity contribution < 1.29 is 9.18 Å². The topological polar surface area (TPSA) is 54.0 Å². The van der Waals surface area contributed by atoms with Crippen molar-refractivity contribution in [1.82, 2.24) is 10.3 Å². The Morgan fingerprint density at radius 2 is 2.17 bits per heavy atom. The molecule has 120 valence electrons. The number of thiazole rings is 1. The number of hydrogen-bond donors (Lipinski definition) is 2. The highest BCUT2D eigenvalue weighted by Crippen LogP contribution is 2.33. The highest BCUT2D eigenvalue weighted by atomic mass is 32.1. The van der Waals surface area contributed by atoms with Crippen LogP contribution < -0.4 is 10.6 Å². The van der Waals surface area contributed by atoms with E-state index in [4.69, 9.17) is 0 Å². The monoisotopic (exact) mass is 331 g/mol. The van der Waals surface area contributed by atoms with E-state index < -0.39 is 0 Å². The lowest BCUT2D eigenvalue weighted by Crippen LogP contribution is -2.30. The zero-order valence-electron chi connectivity index (χ0n) is 13.0. The fourth-order valence-corrected chi connectivity index (χ4v) is 3.62. The Labute approximate surface area is 137 Å². The number of halogens is 1. The van der Waals surface area contributed by atoms with Crippen LogP contribution in [-0.2, 0) is 4.79 Å². The van der Waals surface area contributed by atoms with Crippen molar-refractivity contribution in [2.45, 2.75) is 13.3 Å². The van der Waals surface area contributed by atoms with Gasteiger partial charge in [-0.25, -0.2) is 9.37 Å². The number of carbonyl (C=O) groups is 1. The van der Waals surface area contributed by atoms with Gasteiger partial charge in [0, 0.05) is 11.9 Å². The quantitative estimate of drug-likeness (QED) is 0.748. The lowest BCUT2D eigenvalue weighted by atomic mass is 10.1. The molecule has 1 aromatic heterocycles. The van der Waals surface area contributed by atoms with E-state index in [1.54, 1.807) is 6.07 Å². The Bertz CT molecular complexity index is 862. The van der Waals surface area contributed by atoms with Gasteiger partial charge < -0.3 is 10.6 Å². The predicted molar refractivity (Wildman–Crippen MR) is 93.4 cm³/mol. The molecular weight excluding hydrogens is 313 g/mol. The van der Waals surface area contributed by atoms with E-state index in [0.717, 1.165) is 27.4 Å². The normalized spacial score (nSPS) is 12.7. The maximum atomic E-state index is 13.3. The van der Waals surface area contributed by atoms with Crippen molar-refractivity contribution in [2.75, 3.05) is 18.9 Å². The van der Waals surface area contributed by atoms with Gasteiger partial charge in [-0.15, -0.1) is 0 Å². The number of amides is 1. The number of aromatic nitrogens is 1. The Morgan fingerprint density at radius 3 is 2.91 bits per heavy atom. The molecule has 0 spiro atoms. The molecule has 0 saturated heterocycles. The van der Waals surface area contributed by atoms with Crippen molar-refractivity contribution in [1.29, 1.82) is 0 Å². The van der Waals surface area contributed by atoms with Gasteiger partial charge in [-0.2, -0.15) is 0 Å². The Hall–Kier alpha value is -2.05. The van der Waals surface area contributed by atoms with Gasteiger partial charge in [0.2, 0.25) is 5.91 Å². The van der Waals surface area contributed by atoms with Crippen LogP contribution in [0.4, 0.5) is 9.52 Å². The molecule has 1 atom stereocenters. The second-order valence-corrected chi connectivity index (χ2v) is 6.45. The molecular formula is C17H18FN3OS. The first-order valence-corrected chi connectivity index (χ1v) is 8.38. The molecule has 0 saturated carbocycles. The van der Waals surface area contributed by atoms with Crippen LogP contribution in [0.1, 0.15) is 13.3 Å². The number of nitrogens with zero attached hydrogens (tertiary/aromatic N) is 1.